The van der Waals surface area contributed by atoms with E-state index in [1.54, 1.807) is 23.5 Å². The highest BCUT2D eigenvalue weighted by molar-refractivity contribution is 7.16. The number of halogens is 3. The minimum absolute atomic E-state index is 0.0397. The van der Waals surface area contributed by atoms with Gasteiger partial charge in [-0.1, -0.05) is 38.2 Å². The molecule has 1 aromatic carbocycles. The Morgan fingerprint density at radius 2 is 1.90 bits per heavy atom. The molecule has 0 bridgehead atoms. The van der Waals surface area contributed by atoms with Crippen LogP contribution in [0.15, 0.2) is 30.3 Å². The number of nitrogens with zero attached hydrogens (tertiary/aromatic N) is 1. The number of esters is 1. The Bertz CT molecular complexity index is 1310. The standard InChI is InChI=1S/C31H37F3N2O3S/c1-4-5-26(37)38-25-13-12-21-20-10-11-23-27-24(15-17-29(23,2)22(20)14-16-30(21,25)3)36-28(40-27)35-18-6-8-19(9-7-18)39-31(32,33)34/h6-9,11,20-22,25H,4-5,10,12-17H2,1-3H3,(H,35,36)/t20-,21-,22-,25-,29+,30-/m0/s1. The summed E-state index contributed by atoms with van der Waals surface area (Å²) in [6.07, 6.45) is 6.51. The third-order valence-corrected chi connectivity index (χ3v) is 11.3. The fraction of sp³-hybridized carbons (Fsp3) is 0.613. The zero-order valence-corrected chi connectivity index (χ0v) is 24.1. The minimum atomic E-state index is -4.71. The van der Waals surface area contributed by atoms with Gasteiger partial charge in [-0.3, -0.25) is 4.79 Å². The SMILES string of the molecule is CCCC(=O)O[C@H]1CC[C@H]2[C@@H]3CC=C4c5sc(Nc6ccc(OC(F)(F)F)cc6)nc5CC[C@]4(C)[C@H]3CC[C@]12C. The molecule has 1 heterocycles. The molecule has 40 heavy (non-hydrogen) atoms. The molecule has 2 fully saturated rings. The van der Waals surface area contributed by atoms with E-state index in [9.17, 15) is 18.0 Å². The predicted octanol–water partition coefficient (Wildman–Crippen LogP) is 8.68. The van der Waals surface area contributed by atoms with Gasteiger partial charge in [0.1, 0.15) is 11.9 Å². The van der Waals surface area contributed by atoms with Gasteiger partial charge in [-0.15, -0.1) is 13.2 Å². The highest BCUT2D eigenvalue weighted by Crippen LogP contribution is 2.66. The second-order valence-corrected chi connectivity index (χ2v) is 13.5. The van der Waals surface area contributed by atoms with Crippen LogP contribution in [0.4, 0.5) is 24.0 Å². The van der Waals surface area contributed by atoms with E-state index in [0.717, 1.165) is 62.2 Å². The number of hydrogen-bond donors (Lipinski definition) is 1. The molecule has 6 atom stereocenters. The fourth-order valence-corrected chi connectivity index (χ4v) is 9.57. The number of nitrogens with one attached hydrogen (secondary N) is 1. The van der Waals surface area contributed by atoms with Crippen LogP contribution in [0.25, 0.3) is 5.57 Å². The van der Waals surface area contributed by atoms with E-state index < -0.39 is 6.36 Å². The van der Waals surface area contributed by atoms with Gasteiger partial charge in [0.15, 0.2) is 5.13 Å². The maximum absolute atomic E-state index is 12.5. The van der Waals surface area contributed by atoms with E-state index in [1.807, 2.05) is 6.92 Å². The smallest absolute Gasteiger partial charge is 0.462 e. The first-order chi connectivity index (χ1) is 19.0. The second-order valence-electron chi connectivity index (χ2n) is 12.5. The van der Waals surface area contributed by atoms with Crippen LogP contribution in [0.5, 0.6) is 5.75 Å². The summed E-state index contributed by atoms with van der Waals surface area (Å²) >= 11 is 1.64. The largest absolute Gasteiger partial charge is 0.573 e. The van der Waals surface area contributed by atoms with Crippen molar-refractivity contribution < 1.29 is 27.4 Å². The minimum Gasteiger partial charge on any atom is -0.462 e. The zero-order chi connectivity index (χ0) is 28.3. The van der Waals surface area contributed by atoms with E-state index in [0.29, 0.717) is 29.9 Å². The maximum Gasteiger partial charge on any atom is 0.573 e. The van der Waals surface area contributed by atoms with Crippen LogP contribution in [0, 0.1) is 28.6 Å². The molecule has 1 N–H and O–H groups in total. The molecule has 4 aliphatic carbocycles. The highest BCUT2D eigenvalue weighted by Gasteiger charge is 2.60. The van der Waals surface area contributed by atoms with E-state index in [2.05, 4.69) is 30.0 Å². The van der Waals surface area contributed by atoms with Gasteiger partial charge in [0.2, 0.25) is 0 Å². The molecule has 216 valence electrons. The Kier molecular flexibility index (Phi) is 6.95. The van der Waals surface area contributed by atoms with Gasteiger partial charge < -0.3 is 14.8 Å². The number of thiazole rings is 1. The van der Waals surface area contributed by atoms with Gasteiger partial charge in [-0.05, 0) is 104 Å². The van der Waals surface area contributed by atoms with Crippen molar-refractivity contribution in [2.24, 2.45) is 28.6 Å². The number of aromatic nitrogens is 1. The van der Waals surface area contributed by atoms with Crippen molar-refractivity contribution in [1.29, 1.82) is 0 Å². The molecule has 4 aliphatic rings. The lowest BCUT2D eigenvalue weighted by Crippen LogP contribution is -2.50. The number of aryl methyl sites for hydroxylation is 1. The normalized spacial score (nSPS) is 32.7. The summed E-state index contributed by atoms with van der Waals surface area (Å²) in [6.45, 7) is 6.83. The second kappa shape index (κ2) is 10.1. The molecule has 0 radical (unpaired) electrons. The molecule has 1 aromatic heterocycles. The molecule has 2 aromatic rings. The summed E-state index contributed by atoms with van der Waals surface area (Å²) in [4.78, 5) is 18.5. The van der Waals surface area contributed by atoms with Crippen molar-refractivity contribution in [1.82, 2.24) is 4.98 Å². The quantitative estimate of drug-likeness (QED) is 0.350. The molecule has 6 rings (SSSR count). The lowest BCUT2D eigenvalue weighted by Gasteiger charge is -2.56. The highest BCUT2D eigenvalue weighted by atomic mass is 32.1. The summed E-state index contributed by atoms with van der Waals surface area (Å²) in [6, 6.07) is 5.76. The average molecular weight is 575 g/mol. The molecule has 0 spiro atoms. The Morgan fingerprint density at radius 3 is 2.62 bits per heavy atom. The molecular weight excluding hydrogens is 537 g/mol. The fourth-order valence-electron chi connectivity index (χ4n) is 8.36. The van der Waals surface area contributed by atoms with Gasteiger partial charge in [0, 0.05) is 17.5 Å². The van der Waals surface area contributed by atoms with Crippen LogP contribution in [0.3, 0.4) is 0 Å². The lowest BCUT2D eigenvalue weighted by molar-refractivity contribution is -0.274. The Labute approximate surface area is 237 Å². The van der Waals surface area contributed by atoms with E-state index in [4.69, 9.17) is 9.72 Å². The van der Waals surface area contributed by atoms with Gasteiger partial charge >= 0.3 is 12.3 Å². The number of hydrogen-bond acceptors (Lipinski definition) is 6. The summed E-state index contributed by atoms with van der Waals surface area (Å²) in [5.41, 5.74) is 3.35. The third-order valence-electron chi connectivity index (χ3n) is 10.3. The van der Waals surface area contributed by atoms with Crippen molar-refractivity contribution in [2.75, 3.05) is 5.32 Å². The summed E-state index contributed by atoms with van der Waals surface area (Å²) in [7, 11) is 0. The average Bonchev–Trinajstić information content (AvgIpc) is 3.44. The summed E-state index contributed by atoms with van der Waals surface area (Å²) in [5.74, 6) is 1.49. The van der Waals surface area contributed by atoms with E-state index >= 15 is 0 Å². The monoisotopic (exact) mass is 574 g/mol. The topological polar surface area (TPSA) is 60.5 Å². The van der Waals surface area contributed by atoms with Gasteiger partial charge in [-0.25, -0.2) is 4.98 Å². The number of ether oxygens (including phenoxy) is 2. The molecule has 2 saturated carbocycles. The van der Waals surface area contributed by atoms with Gasteiger partial charge in [-0.2, -0.15) is 0 Å². The number of benzene rings is 1. The Balaban J connectivity index is 1.20. The molecule has 5 nitrogen and oxygen atoms in total. The van der Waals surface area contributed by atoms with Crippen molar-refractivity contribution in [3.8, 4) is 5.75 Å². The van der Waals surface area contributed by atoms with Gasteiger partial charge in [0.05, 0.1) is 10.6 Å². The van der Waals surface area contributed by atoms with Crippen LogP contribution in [0.1, 0.15) is 82.7 Å². The van der Waals surface area contributed by atoms with Crippen molar-refractivity contribution >= 4 is 33.7 Å². The van der Waals surface area contributed by atoms with E-state index in [-0.39, 0.29) is 28.7 Å². The molecule has 0 aliphatic heterocycles. The number of anilines is 2. The summed E-state index contributed by atoms with van der Waals surface area (Å²) < 4.78 is 47.5. The first-order valence-corrected chi connectivity index (χ1v) is 15.3. The van der Waals surface area contributed by atoms with Gasteiger partial charge in [0.25, 0.3) is 0 Å². The van der Waals surface area contributed by atoms with Crippen molar-refractivity contribution in [3.63, 3.8) is 0 Å². The van der Waals surface area contributed by atoms with Crippen LogP contribution < -0.4 is 10.1 Å². The third kappa shape index (κ3) is 4.82. The predicted molar refractivity (Wildman–Crippen MR) is 149 cm³/mol. The van der Waals surface area contributed by atoms with Crippen LogP contribution in [-0.4, -0.2) is 23.4 Å². The lowest BCUT2D eigenvalue weighted by atomic mass is 9.48. The number of alkyl halides is 3. The molecule has 0 saturated heterocycles. The van der Waals surface area contributed by atoms with Crippen molar-refractivity contribution in [3.05, 3.63) is 40.9 Å². The first kappa shape index (κ1) is 27.6. The zero-order valence-electron chi connectivity index (χ0n) is 23.3. The Hall–Kier alpha value is -2.55. The number of carbonyl (C=O) groups excluding carboxylic acids is 1. The summed E-state index contributed by atoms with van der Waals surface area (Å²) in [5, 5.41) is 4.04. The first-order valence-electron chi connectivity index (χ1n) is 14.5. The maximum atomic E-state index is 12.5. The number of allylic oxidation sites excluding steroid dienone is 2. The van der Waals surface area contributed by atoms with Crippen LogP contribution in [0.2, 0.25) is 0 Å². The van der Waals surface area contributed by atoms with Crippen molar-refractivity contribution in [2.45, 2.75) is 91.0 Å². The number of fused-ring (bicyclic) bond motifs is 7. The molecular formula is C31H37F3N2O3S. The van der Waals surface area contributed by atoms with E-state index in [1.165, 1.54) is 22.6 Å². The Morgan fingerprint density at radius 1 is 1.12 bits per heavy atom. The number of carbonyl (C=O) groups is 1. The molecule has 0 unspecified atom stereocenters. The van der Waals surface area contributed by atoms with Crippen LogP contribution >= 0.6 is 11.3 Å². The molecule has 0 amide bonds. The van der Waals surface area contributed by atoms with Crippen LogP contribution in [-0.2, 0) is 16.0 Å². The number of rotatable bonds is 6. The molecule has 9 heteroatoms.